The highest BCUT2D eigenvalue weighted by Gasteiger charge is 2.41. The van der Waals surface area contributed by atoms with Gasteiger partial charge in [0.15, 0.2) is 0 Å². The van der Waals surface area contributed by atoms with E-state index in [1.165, 1.54) is 5.56 Å². The van der Waals surface area contributed by atoms with E-state index in [1.54, 1.807) is 14.2 Å². The second-order valence-electron chi connectivity index (χ2n) is 8.95. The molecule has 0 saturated carbocycles. The summed E-state index contributed by atoms with van der Waals surface area (Å²) in [6, 6.07) is 25.5. The highest BCUT2D eigenvalue weighted by Crippen LogP contribution is 2.32. The maximum atomic E-state index is 13.4. The number of benzene rings is 3. The molecule has 3 aromatic rings. The van der Waals surface area contributed by atoms with E-state index >= 15 is 0 Å². The molecule has 2 amide bonds. The van der Waals surface area contributed by atoms with E-state index in [-0.39, 0.29) is 30.1 Å². The molecule has 0 unspecified atom stereocenters. The quantitative estimate of drug-likeness (QED) is 0.480. The number of nitrogens with zero attached hydrogens (tertiary/aromatic N) is 1. The van der Waals surface area contributed by atoms with Crippen LogP contribution in [0.25, 0.3) is 0 Å². The van der Waals surface area contributed by atoms with E-state index in [1.807, 2.05) is 71.6 Å². The Kier molecular flexibility index (Phi) is 8.03. The fourth-order valence-electron chi connectivity index (χ4n) is 4.62. The average molecular weight is 473 g/mol. The Hall–Kier alpha value is -3.80. The average Bonchev–Trinajstić information content (AvgIpc) is 3.17. The Balaban J connectivity index is 1.42. The van der Waals surface area contributed by atoms with Crippen LogP contribution >= 0.6 is 0 Å². The number of hydrogen-bond acceptors (Lipinski definition) is 4. The van der Waals surface area contributed by atoms with Crippen LogP contribution in [0, 0.1) is 11.8 Å². The van der Waals surface area contributed by atoms with Gasteiger partial charge in [-0.15, -0.1) is 0 Å². The molecule has 1 N–H and O–H groups in total. The molecule has 0 spiro atoms. The van der Waals surface area contributed by atoms with Crippen molar-refractivity contribution in [1.82, 2.24) is 10.2 Å². The zero-order chi connectivity index (χ0) is 24.6. The van der Waals surface area contributed by atoms with Gasteiger partial charge in [0.1, 0.15) is 11.5 Å². The predicted octanol–water partition coefficient (Wildman–Crippen LogP) is 4.23. The number of nitrogens with one attached hydrogen (secondary N) is 1. The molecule has 4 rings (SSSR count). The molecule has 0 radical (unpaired) electrons. The fraction of sp³-hybridized carbons (Fsp3) is 0.310. The second-order valence-corrected chi connectivity index (χ2v) is 8.95. The van der Waals surface area contributed by atoms with Crippen molar-refractivity contribution in [3.8, 4) is 11.5 Å². The van der Waals surface area contributed by atoms with Crippen molar-refractivity contribution in [2.24, 2.45) is 11.8 Å². The van der Waals surface area contributed by atoms with Gasteiger partial charge in [-0.25, -0.2) is 0 Å². The summed E-state index contributed by atoms with van der Waals surface area (Å²) in [6.45, 7) is 1.58. The van der Waals surface area contributed by atoms with E-state index < -0.39 is 0 Å². The summed E-state index contributed by atoms with van der Waals surface area (Å²) >= 11 is 0. The molecule has 6 nitrogen and oxygen atoms in total. The molecule has 1 fully saturated rings. The van der Waals surface area contributed by atoms with Crippen molar-refractivity contribution in [3.63, 3.8) is 0 Å². The van der Waals surface area contributed by atoms with Crippen molar-refractivity contribution < 1.29 is 19.1 Å². The monoisotopic (exact) mass is 472 g/mol. The lowest BCUT2D eigenvalue weighted by molar-refractivity contribution is -0.134. The van der Waals surface area contributed by atoms with Crippen LogP contribution < -0.4 is 14.8 Å². The molecule has 2 atom stereocenters. The van der Waals surface area contributed by atoms with Gasteiger partial charge in [-0.3, -0.25) is 9.59 Å². The van der Waals surface area contributed by atoms with Gasteiger partial charge in [-0.2, -0.15) is 0 Å². The fourth-order valence-corrected chi connectivity index (χ4v) is 4.62. The third-order valence-corrected chi connectivity index (χ3v) is 6.58. The number of ether oxygens (including phenoxy) is 2. The first-order chi connectivity index (χ1) is 17.1. The number of rotatable bonds is 10. The molecular formula is C29H32N2O4. The molecule has 6 heteroatoms. The number of hydrogen-bond donors (Lipinski definition) is 1. The van der Waals surface area contributed by atoms with Crippen LogP contribution in [0.3, 0.4) is 0 Å². The molecule has 35 heavy (non-hydrogen) atoms. The summed E-state index contributed by atoms with van der Waals surface area (Å²) in [5.41, 5.74) is 3.21. The Morgan fingerprint density at radius 2 is 1.46 bits per heavy atom. The highest BCUT2D eigenvalue weighted by molar-refractivity contribution is 5.87. The first-order valence-corrected chi connectivity index (χ1v) is 11.9. The van der Waals surface area contributed by atoms with E-state index in [0.29, 0.717) is 19.6 Å². The molecule has 1 aliphatic rings. The van der Waals surface area contributed by atoms with E-state index in [0.717, 1.165) is 29.0 Å². The Labute approximate surface area is 206 Å². The van der Waals surface area contributed by atoms with Crippen molar-refractivity contribution >= 4 is 11.8 Å². The third-order valence-electron chi connectivity index (χ3n) is 6.58. The minimum absolute atomic E-state index is 0.0429. The van der Waals surface area contributed by atoms with Gasteiger partial charge < -0.3 is 19.7 Å². The number of carbonyl (C=O) groups excluding carboxylic acids is 2. The zero-order valence-electron chi connectivity index (χ0n) is 20.3. The molecule has 1 aliphatic heterocycles. The molecule has 1 saturated heterocycles. The molecule has 0 bridgehead atoms. The van der Waals surface area contributed by atoms with Crippen molar-refractivity contribution in [3.05, 3.63) is 95.6 Å². The van der Waals surface area contributed by atoms with Gasteiger partial charge in [-0.1, -0.05) is 54.6 Å². The second kappa shape index (κ2) is 11.6. The van der Waals surface area contributed by atoms with Gasteiger partial charge >= 0.3 is 0 Å². The van der Waals surface area contributed by atoms with Crippen LogP contribution in [-0.4, -0.2) is 37.5 Å². The number of methoxy groups -OCH3 is 2. The lowest BCUT2D eigenvalue weighted by atomic mass is 9.87. The van der Waals surface area contributed by atoms with Crippen LogP contribution in [0.15, 0.2) is 78.9 Å². The summed E-state index contributed by atoms with van der Waals surface area (Å²) in [6.07, 6.45) is 0.952. The number of amides is 2. The van der Waals surface area contributed by atoms with Crippen molar-refractivity contribution in [2.45, 2.75) is 25.9 Å². The summed E-state index contributed by atoms with van der Waals surface area (Å²) in [5.74, 6) is 1.23. The lowest BCUT2D eigenvalue weighted by Gasteiger charge is -2.17. The van der Waals surface area contributed by atoms with E-state index in [4.69, 9.17) is 9.47 Å². The smallest absolute Gasteiger partial charge is 0.226 e. The van der Waals surface area contributed by atoms with E-state index in [9.17, 15) is 9.59 Å². The van der Waals surface area contributed by atoms with Crippen LogP contribution in [0.5, 0.6) is 11.5 Å². The van der Waals surface area contributed by atoms with Crippen molar-refractivity contribution in [1.29, 1.82) is 0 Å². The molecular weight excluding hydrogens is 440 g/mol. The molecule has 1 heterocycles. The minimum Gasteiger partial charge on any atom is -0.497 e. The van der Waals surface area contributed by atoms with Gasteiger partial charge in [0, 0.05) is 26.1 Å². The van der Waals surface area contributed by atoms with Gasteiger partial charge in [0.2, 0.25) is 11.8 Å². The molecule has 0 aliphatic carbocycles. The normalized spacial score (nSPS) is 17.3. The maximum absolute atomic E-state index is 13.4. The Morgan fingerprint density at radius 1 is 0.857 bits per heavy atom. The zero-order valence-corrected chi connectivity index (χ0v) is 20.3. The van der Waals surface area contributed by atoms with Gasteiger partial charge in [0.05, 0.1) is 20.1 Å². The summed E-state index contributed by atoms with van der Waals surface area (Å²) in [5, 5.41) is 2.98. The lowest BCUT2D eigenvalue weighted by Crippen LogP contribution is -2.31. The Bertz CT molecular complexity index is 1110. The van der Waals surface area contributed by atoms with Gasteiger partial charge in [-0.05, 0) is 53.3 Å². The topological polar surface area (TPSA) is 67.9 Å². The maximum Gasteiger partial charge on any atom is 0.226 e. The predicted molar refractivity (Wildman–Crippen MR) is 135 cm³/mol. The van der Waals surface area contributed by atoms with Crippen LogP contribution in [0.4, 0.5) is 0 Å². The Morgan fingerprint density at radius 3 is 2.06 bits per heavy atom. The van der Waals surface area contributed by atoms with Crippen LogP contribution in [0.2, 0.25) is 0 Å². The minimum atomic E-state index is -0.343. The number of carbonyl (C=O) groups is 2. The summed E-state index contributed by atoms with van der Waals surface area (Å²) in [7, 11) is 3.26. The molecule has 0 aromatic heterocycles. The van der Waals surface area contributed by atoms with Crippen LogP contribution in [-0.2, 0) is 29.1 Å². The SMILES string of the molecule is COc1ccc(CNC(=O)C[C@H]2C(=O)N(Cc3ccc(OC)cc3)C[C@@H]2Cc2ccccc2)cc1. The van der Waals surface area contributed by atoms with Crippen LogP contribution in [0.1, 0.15) is 23.1 Å². The highest BCUT2D eigenvalue weighted by atomic mass is 16.5. The summed E-state index contributed by atoms with van der Waals surface area (Å²) < 4.78 is 10.4. The molecule has 182 valence electrons. The first-order valence-electron chi connectivity index (χ1n) is 11.9. The van der Waals surface area contributed by atoms with Gasteiger partial charge in [0.25, 0.3) is 0 Å². The van der Waals surface area contributed by atoms with E-state index in [2.05, 4.69) is 17.4 Å². The third kappa shape index (κ3) is 6.41. The standard InChI is InChI=1S/C29H32N2O4/c1-34-25-12-8-22(9-13-25)18-30-28(32)17-27-24(16-21-6-4-3-5-7-21)20-31(29(27)33)19-23-10-14-26(35-2)15-11-23/h3-15,24,27H,16-20H2,1-2H3,(H,30,32)/t24-,27+/m0/s1. The van der Waals surface area contributed by atoms with Crippen molar-refractivity contribution in [2.75, 3.05) is 20.8 Å². The molecule has 3 aromatic carbocycles. The first kappa shape index (κ1) is 24.3. The number of likely N-dealkylation sites (tertiary alicyclic amines) is 1. The largest absolute Gasteiger partial charge is 0.497 e. The summed E-state index contributed by atoms with van der Waals surface area (Å²) in [4.78, 5) is 28.2.